The van der Waals surface area contributed by atoms with E-state index in [1.165, 1.54) is 0 Å². The predicted molar refractivity (Wildman–Crippen MR) is 59.7 cm³/mol. The largest absolute Gasteiger partial charge is 0.297 e. The molecule has 2 aliphatic rings. The Kier molecular flexibility index (Phi) is 2.43. The summed E-state index contributed by atoms with van der Waals surface area (Å²) in [7, 11) is 0. The van der Waals surface area contributed by atoms with Crippen LogP contribution in [0.25, 0.3) is 0 Å². The lowest BCUT2D eigenvalue weighted by Crippen LogP contribution is -2.33. The van der Waals surface area contributed by atoms with Crippen molar-refractivity contribution in [2.24, 2.45) is 0 Å². The van der Waals surface area contributed by atoms with Crippen LogP contribution < -0.4 is 0 Å². The minimum Gasteiger partial charge on any atom is -0.297 e. The third-order valence-electron chi connectivity index (χ3n) is 3.41. The number of ketones is 1. The fourth-order valence-electron chi connectivity index (χ4n) is 2.46. The van der Waals surface area contributed by atoms with Gasteiger partial charge in [0.2, 0.25) is 0 Å². The zero-order valence-electron chi connectivity index (χ0n) is 9.30. The van der Waals surface area contributed by atoms with E-state index in [1.807, 2.05) is 17.2 Å². The van der Waals surface area contributed by atoms with Gasteiger partial charge in [-0.1, -0.05) is 12.1 Å². The Morgan fingerprint density at radius 3 is 2.76 bits per heavy atom. The highest BCUT2D eigenvalue weighted by Gasteiger charge is 2.41. The van der Waals surface area contributed by atoms with Gasteiger partial charge in [0.05, 0.1) is 17.7 Å². The summed E-state index contributed by atoms with van der Waals surface area (Å²) in [4.78, 5) is 17.1. The first-order chi connectivity index (χ1) is 8.28. The van der Waals surface area contributed by atoms with E-state index in [0.29, 0.717) is 18.5 Å². The van der Waals surface area contributed by atoms with E-state index in [0.717, 1.165) is 12.0 Å². The van der Waals surface area contributed by atoms with Crippen molar-refractivity contribution in [3.05, 3.63) is 35.4 Å². The van der Waals surface area contributed by atoms with Crippen LogP contribution >= 0.6 is 0 Å². The van der Waals surface area contributed by atoms with Crippen LogP contribution in [0.3, 0.4) is 0 Å². The van der Waals surface area contributed by atoms with E-state index in [-0.39, 0.29) is 17.9 Å². The molecule has 0 spiro atoms. The molecule has 3 atom stereocenters. The zero-order chi connectivity index (χ0) is 11.8. The van der Waals surface area contributed by atoms with Crippen LogP contribution in [-0.4, -0.2) is 23.5 Å². The number of carbonyl (C=O) groups excluding carboxylic acids is 1. The van der Waals surface area contributed by atoms with E-state index in [4.69, 9.17) is 10.1 Å². The summed E-state index contributed by atoms with van der Waals surface area (Å²) in [5.41, 5.74) is 1.77. The Hall–Kier alpha value is -1.70. The molecule has 0 radical (unpaired) electrons. The van der Waals surface area contributed by atoms with Gasteiger partial charge in [0.1, 0.15) is 6.10 Å². The van der Waals surface area contributed by atoms with E-state index in [2.05, 4.69) is 6.07 Å². The molecule has 3 unspecified atom stereocenters. The summed E-state index contributed by atoms with van der Waals surface area (Å²) >= 11 is 0. The van der Waals surface area contributed by atoms with Crippen LogP contribution in [0.1, 0.15) is 30.0 Å². The molecule has 0 N–H and O–H groups in total. The molecule has 2 heterocycles. The van der Waals surface area contributed by atoms with E-state index in [9.17, 15) is 4.79 Å². The average Bonchev–Trinajstić information content (AvgIpc) is 2.74. The molecular formula is C13H12N2O2. The van der Waals surface area contributed by atoms with Crippen LogP contribution in [0.4, 0.5) is 0 Å². The van der Waals surface area contributed by atoms with Crippen molar-refractivity contribution < 1.29 is 9.63 Å². The van der Waals surface area contributed by atoms with Gasteiger partial charge in [-0.25, -0.2) is 0 Å². The van der Waals surface area contributed by atoms with Gasteiger partial charge < -0.3 is 0 Å². The molecule has 2 saturated heterocycles. The highest BCUT2D eigenvalue weighted by atomic mass is 16.7. The molecule has 4 nitrogen and oxygen atoms in total. The quantitative estimate of drug-likeness (QED) is 0.732. The van der Waals surface area contributed by atoms with E-state index < -0.39 is 0 Å². The smallest absolute Gasteiger partial charge is 0.165 e. The zero-order valence-corrected chi connectivity index (χ0v) is 9.30. The number of fused-ring (bicyclic) bond motifs is 2. The molecule has 0 aromatic heterocycles. The molecule has 2 aliphatic heterocycles. The molecule has 2 bridgehead atoms. The van der Waals surface area contributed by atoms with Gasteiger partial charge in [-0.3, -0.25) is 9.63 Å². The second-order valence-corrected chi connectivity index (χ2v) is 4.44. The van der Waals surface area contributed by atoms with Crippen molar-refractivity contribution in [3.8, 4) is 6.07 Å². The molecule has 4 heteroatoms. The van der Waals surface area contributed by atoms with Crippen molar-refractivity contribution >= 4 is 5.78 Å². The average molecular weight is 228 g/mol. The van der Waals surface area contributed by atoms with Crippen molar-refractivity contribution in [1.29, 1.82) is 5.26 Å². The minimum atomic E-state index is -0.260. The maximum absolute atomic E-state index is 11.5. The number of benzene rings is 1. The summed E-state index contributed by atoms with van der Waals surface area (Å²) < 4.78 is 0. The number of hydrogen-bond acceptors (Lipinski definition) is 4. The molecular weight excluding hydrogens is 216 g/mol. The normalized spacial score (nSPS) is 31.2. The number of Topliss-reactive ketones (excluding diaryl/α,β-unsaturated/α-hetero) is 1. The molecule has 86 valence electrons. The van der Waals surface area contributed by atoms with Gasteiger partial charge in [-0.2, -0.15) is 10.3 Å². The lowest BCUT2D eigenvalue weighted by Gasteiger charge is -2.24. The summed E-state index contributed by atoms with van der Waals surface area (Å²) in [6.45, 7) is 0.667. The van der Waals surface area contributed by atoms with Crippen molar-refractivity contribution in [2.45, 2.75) is 25.0 Å². The van der Waals surface area contributed by atoms with Gasteiger partial charge in [0, 0.05) is 19.4 Å². The third-order valence-corrected chi connectivity index (χ3v) is 3.41. The second kappa shape index (κ2) is 3.95. The van der Waals surface area contributed by atoms with Crippen LogP contribution in [0.2, 0.25) is 0 Å². The van der Waals surface area contributed by atoms with Gasteiger partial charge in [-0.15, -0.1) is 0 Å². The monoisotopic (exact) mass is 228 g/mol. The first-order valence-electron chi connectivity index (χ1n) is 5.74. The number of nitriles is 1. The Labute approximate surface area is 99.4 Å². The number of hydroxylamine groups is 2. The molecule has 0 amide bonds. The van der Waals surface area contributed by atoms with Gasteiger partial charge >= 0.3 is 0 Å². The molecule has 17 heavy (non-hydrogen) atoms. The lowest BCUT2D eigenvalue weighted by molar-refractivity contribution is -0.189. The van der Waals surface area contributed by atoms with Crippen molar-refractivity contribution in [3.63, 3.8) is 0 Å². The fourth-order valence-corrected chi connectivity index (χ4v) is 2.46. The first kappa shape index (κ1) is 10.5. The van der Waals surface area contributed by atoms with E-state index >= 15 is 0 Å². The van der Waals surface area contributed by atoms with E-state index in [1.54, 1.807) is 12.1 Å². The van der Waals surface area contributed by atoms with Crippen molar-refractivity contribution in [1.82, 2.24) is 5.06 Å². The summed E-state index contributed by atoms with van der Waals surface area (Å²) in [6, 6.07) is 9.75. The third kappa shape index (κ3) is 1.74. The Morgan fingerprint density at radius 2 is 2.12 bits per heavy atom. The SMILES string of the molecule is N#Cc1ccc(C2CC3ON2CCC3=O)cc1. The highest BCUT2D eigenvalue weighted by molar-refractivity contribution is 5.84. The molecule has 2 fully saturated rings. The summed E-state index contributed by atoms with van der Waals surface area (Å²) in [5, 5.41) is 10.6. The maximum Gasteiger partial charge on any atom is 0.165 e. The molecule has 1 aromatic rings. The van der Waals surface area contributed by atoms with Crippen LogP contribution in [0, 0.1) is 11.3 Å². The maximum atomic E-state index is 11.5. The number of carbonyl (C=O) groups is 1. The predicted octanol–water partition coefficient (Wildman–Crippen LogP) is 1.58. The number of nitrogens with zero attached hydrogens (tertiary/aromatic N) is 2. The molecule has 0 saturated carbocycles. The summed E-state index contributed by atoms with van der Waals surface area (Å²) in [6.07, 6.45) is 1.05. The van der Waals surface area contributed by atoms with Crippen LogP contribution in [0.5, 0.6) is 0 Å². The van der Waals surface area contributed by atoms with Gasteiger partial charge in [0.25, 0.3) is 0 Å². The Morgan fingerprint density at radius 1 is 1.35 bits per heavy atom. The number of hydrogen-bond donors (Lipinski definition) is 0. The first-order valence-corrected chi connectivity index (χ1v) is 5.74. The summed E-state index contributed by atoms with van der Waals surface area (Å²) in [5.74, 6) is 0.206. The van der Waals surface area contributed by atoms with Crippen LogP contribution in [0.15, 0.2) is 24.3 Å². The second-order valence-electron chi connectivity index (χ2n) is 4.44. The topological polar surface area (TPSA) is 53.3 Å². The Bertz CT molecular complexity index is 489. The standard InChI is InChI=1S/C13H12N2O2/c14-8-9-1-3-10(4-2-9)11-7-13-12(16)5-6-15(11)17-13/h1-4,11,13H,5-7H2. The Balaban J connectivity index is 1.85. The lowest BCUT2D eigenvalue weighted by atomic mass is 10.0. The van der Waals surface area contributed by atoms with Gasteiger partial charge in [0.15, 0.2) is 5.78 Å². The molecule has 0 aliphatic carbocycles. The molecule has 3 rings (SSSR count). The molecule has 1 aromatic carbocycles. The fraction of sp³-hybridized carbons (Fsp3) is 0.385. The van der Waals surface area contributed by atoms with Gasteiger partial charge in [-0.05, 0) is 17.7 Å². The van der Waals surface area contributed by atoms with Crippen LogP contribution in [-0.2, 0) is 9.63 Å². The highest BCUT2D eigenvalue weighted by Crippen LogP contribution is 2.37. The number of rotatable bonds is 1. The van der Waals surface area contributed by atoms with Crippen molar-refractivity contribution in [2.75, 3.05) is 6.54 Å². The minimum absolute atomic E-state index is 0.152.